The SMILES string of the molecule is Cc1ccc(S(=O)(=O)OC2Cc3cccc(-c4c(Cl)cccc4Cl)c3O2)cc1. The molecule has 0 spiro atoms. The highest BCUT2D eigenvalue weighted by molar-refractivity contribution is 7.86. The van der Waals surface area contributed by atoms with Crippen LogP contribution in [0.15, 0.2) is 65.6 Å². The number of ether oxygens (including phenoxy) is 1. The third kappa shape index (κ3) is 3.63. The number of para-hydroxylation sites is 1. The second-order valence-electron chi connectivity index (χ2n) is 6.51. The fraction of sp³-hybridized carbons (Fsp3) is 0.143. The topological polar surface area (TPSA) is 52.6 Å². The van der Waals surface area contributed by atoms with Crippen LogP contribution in [0.3, 0.4) is 0 Å². The predicted octanol–water partition coefficient (Wildman–Crippen LogP) is 5.64. The van der Waals surface area contributed by atoms with Gasteiger partial charge in [-0.1, -0.05) is 65.2 Å². The lowest BCUT2D eigenvalue weighted by Gasteiger charge is -2.14. The lowest BCUT2D eigenvalue weighted by atomic mass is 10.0. The molecule has 3 aromatic carbocycles. The van der Waals surface area contributed by atoms with Gasteiger partial charge in [0.25, 0.3) is 10.1 Å². The molecule has 1 aliphatic heterocycles. The normalized spacial score (nSPS) is 15.9. The number of aryl methyl sites for hydroxylation is 1. The molecule has 0 bridgehead atoms. The standard InChI is InChI=1S/C21H16Cl2O4S/c1-13-8-10-15(11-9-13)28(24,25)27-19-12-14-4-2-5-16(21(14)26-19)20-17(22)6-3-7-18(20)23/h2-11,19H,12H2,1H3. The number of hydrogen-bond acceptors (Lipinski definition) is 4. The molecule has 4 rings (SSSR count). The zero-order valence-corrected chi connectivity index (χ0v) is 17.2. The number of fused-ring (bicyclic) bond motifs is 1. The molecule has 0 radical (unpaired) electrons. The first-order valence-corrected chi connectivity index (χ1v) is 10.7. The Hall–Kier alpha value is -2.05. The second kappa shape index (κ2) is 7.41. The van der Waals surface area contributed by atoms with Crippen molar-refractivity contribution in [3.8, 4) is 16.9 Å². The molecule has 3 aromatic rings. The van der Waals surface area contributed by atoms with E-state index in [0.717, 1.165) is 11.1 Å². The number of halogens is 2. The van der Waals surface area contributed by atoms with Crippen molar-refractivity contribution >= 4 is 33.3 Å². The summed E-state index contributed by atoms with van der Waals surface area (Å²) in [5.41, 5.74) is 3.14. The van der Waals surface area contributed by atoms with Gasteiger partial charge in [-0.3, -0.25) is 0 Å². The minimum atomic E-state index is -3.95. The Balaban J connectivity index is 1.64. The van der Waals surface area contributed by atoms with E-state index in [0.29, 0.717) is 33.3 Å². The molecule has 0 N–H and O–H groups in total. The van der Waals surface area contributed by atoms with Gasteiger partial charge in [0.2, 0.25) is 6.29 Å². The largest absolute Gasteiger partial charge is 0.462 e. The molecule has 144 valence electrons. The summed E-state index contributed by atoms with van der Waals surface area (Å²) in [6.07, 6.45) is -0.653. The Morgan fingerprint density at radius 2 is 1.61 bits per heavy atom. The zero-order chi connectivity index (χ0) is 19.9. The highest BCUT2D eigenvalue weighted by Gasteiger charge is 2.32. The van der Waals surface area contributed by atoms with Crippen LogP contribution in [0.2, 0.25) is 10.0 Å². The van der Waals surface area contributed by atoms with Crippen LogP contribution in [0, 0.1) is 6.92 Å². The third-order valence-corrected chi connectivity index (χ3v) is 6.46. The van der Waals surface area contributed by atoms with Crippen molar-refractivity contribution < 1.29 is 17.3 Å². The lowest BCUT2D eigenvalue weighted by molar-refractivity contribution is 0.0316. The molecule has 0 aliphatic carbocycles. The van der Waals surface area contributed by atoms with Crippen molar-refractivity contribution in [1.82, 2.24) is 0 Å². The maximum atomic E-state index is 12.6. The number of hydrogen-bond donors (Lipinski definition) is 0. The van der Waals surface area contributed by atoms with Gasteiger partial charge in [0.05, 0.1) is 14.9 Å². The van der Waals surface area contributed by atoms with Gasteiger partial charge in [-0.25, -0.2) is 4.18 Å². The van der Waals surface area contributed by atoms with Crippen LogP contribution in [-0.4, -0.2) is 14.7 Å². The molecule has 0 saturated heterocycles. The van der Waals surface area contributed by atoms with E-state index in [9.17, 15) is 8.42 Å². The molecule has 1 aliphatic rings. The monoisotopic (exact) mass is 434 g/mol. The molecule has 0 fully saturated rings. The van der Waals surface area contributed by atoms with Gasteiger partial charge in [0, 0.05) is 23.1 Å². The van der Waals surface area contributed by atoms with Crippen molar-refractivity contribution in [2.45, 2.75) is 24.5 Å². The smallest absolute Gasteiger partial charge is 0.300 e. The Labute approximate surface area is 173 Å². The van der Waals surface area contributed by atoms with Gasteiger partial charge in [-0.15, -0.1) is 0 Å². The molecule has 28 heavy (non-hydrogen) atoms. The number of rotatable bonds is 4. The van der Waals surface area contributed by atoms with Gasteiger partial charge in [-0.05, 0) is 31.2 Å². The minimum absolute atomic E-state index is 0.0898. The summed E-state index contributed by atoms with van der Waals surface area (Å²) in [4.78, 5) is 0.0898. The van der Waals surface area contributed by atoms with Gasteiger partial charge in [0.1, 0.15) is 5.75 Å². The van der Waals surface area contributed by atoms with E-state index < -0.39 is 16.4 Å². The third-order valence-electron chi connectivity index (χ3n) is 4.51. The predicted molar refractivity (Wildman–Crippen MR) is 109 cm³/mol. The van der Waals surface area contributed by atoms with Crippen molar-refractivity contribution in [1.29, 1.82) is 0 Å². The molecule has 7 heteroatoms. The summed E-state index contributed by atoms with van der Waals surface area (Å²) in [5.74, 6) is 0.529. The van der Waals surface area contributed by atoms with E-state index in [-0.39, 0.29) is 4.90 Å². The van der Waals surface area contributed by atoms with Gasteiger partial charge in [0.15, 0.2) is 0 Å². The highest BCUT2D eigenvalue weighted by Crippen LogP contribution is 2.44. The number of benzene rings is 3. The first kappa shape index (κ1) is 19.3. The minimum Gasteiger partial charge on any atom is -0.462 e. The van der Waals surface area contributed by atoms with E-state index >= 15 is 0 Å². The van der Waals surface area contributed by atoms with Crippen LogP contribution in [0.5, 0.6) is 5.75 Å². The highest BCUT2D eigenvalue weighted by atomic mass is 35.5. The van der Waals surface area contributed by atoms with Crippen LogP contribution in [0.4, 0.5) is 0 Å². The molecule has 1 heterocycles. The molecular weight excluding hydrogens is 419 g/mol. The van der Waals surface area contributed by atoms with E-state index in [4.69, 9.17) is 32.1 Å². The van der Waals surface area contributed by atoms with E-state index in [1.807, 2.05) is 25.1 Å². The van der Waals surface area contributed by atoms with E-state index in [2.05, 4.69) is 0 Å². The van der Waals surface area contributed by atoms with Crippen LogP contribution < -0.4 is 4.74 Å². The maximum Gasteiger partial charge on any atom is 0.300 e. The van der Waals surface area contributed by atoms with Gasteiger partial charge < -0.3 is 4.74 Å². The van der Waals surface area contributed by atoms with Gasteiger partial charge >= 0.3 is 0 Å². The van der Waals surface area contributed by atoms with Gasteiger partial charge in [-0.2, -0.15) is 8.42 Å². The van der Waals surface area contributed by atoms with Crippen molar-refractivity contribution in [3.05, 3.63) is 81.8 Å². The quantitative estimate of drug-likeness (QED) is 0.498. The fourth-order valence-corrected chi connectivity index (χ4v) is 4.72. The summed E-state index contributed by atoms with van der Waals surface area (Å²) < 4.78 is 36.3. The molecule has 1 atom stereocenters. The molecule has 4 nitrogen and oxygen atoms in total. The molecular formula is C21H16Cl2O4S. The van der Waals surface area contributed by atoms with Crippen molar-refractivity contribution in [3.63, 3.8) is 0 Å². The Bertz CT molecular complexity index is 1120. The summed E-state index contributed by atoms with van der Waals surface area (Å²) in [6.45, 7) is 1.88. The molecule has 1 unspecified atom stereocenters. The Morgan fingerprint density at radius 3 is 2.29 bits per heavy atom. The van der Waals surface area contributed by atoms with Crippen LogP contribution in [0.1, 0.15) is 11.1 Å². The van der Waals surface area contributed by atoms with Crippen LogP contribution in [-0.2, 0) is 20.7 Å². The van der Waals surface area contributed by atoms with Crippen molar-refractivity contribution in [2.24, 2.45) is 0 Å². The van der Waals surface area contributed by atoms with Crippen LogP contribution in [0.25, 0.3) is 11.1 Å². The maximum absolute atomic E-state index is 12.6. The Kier molecular flexibility index (Phi) is 5.10. The van der Waals surface area contributed by atoms with E-state index in [1.165, 1.54) is 12.1 Å². The molecule has 0 amide bonds. The van der Waals surface area contributed by atoms with Crippen LogP contribution >= 0.6 is 23.2 Å². The summed E-state index contributed by atoms with van der Waals surface area (Å²) in [7, 11) is -3.95. The summed E-state index contributed by atoms with van der Waals surface area (Å²) in [6, 6.07) is 17.3. The van der Waals surface area contributed by atoms with Crippen molar-refractivity contribution in [2.75, 3.05) is 0 Å². The second-order valence-corrected chi connectivity index (χ2v) is 8.89. The molecule has 0 aromatic heterocycles. The average molecular weight is 435 g/mol. The first-order valence-electron chi connectivity index (χ1n) is 8.58. The zero-order valence-electron chi connectivity index (χ0n) is 14.9. The first-order chi connectivity index (χ1) is 13.3. The summed E-state index contributed by atoms with van der Waals surface area (Å²) >= 11 is 12.7. The average Bonchev–Trinajstić information content (AvgIpc) is 3.04. The Morgan fingerprint density at radius 1 is 0.964 bits per heavy atom. The lowest BCUT2D eigenvalue weighted by Crippen LogP contribution is -2.22. The van der Waals surface area contributed by atoms with E-state index in [1.54, 1.807) is 30.3 Å². The summed E-state index contributed by atoms with van der Waals surface area (Å²) in [5, 5.41) is 0.974. The fourth-order valence-electron chi connectivity index (χ4n) is 3.14. The molecule has 0 saturated carbocycles.